The molecular formula is C12H13F3N2O3S. The SMILES string of the molecule is O=C(O)C1CCC1C(=O)NCCc1nc(C(F)(F)F)cs1. The Morgan fingerprint density at radius 2 is 2.05 bits per heavy atom. The zero-order valence-corrected chi connectivity index (χ0v) is 11.6. The number of nitrogens with zero attached hydrogens (tertiary/aromatic N) is 1. The van der Waals surface area contributed by atoms with Gasteiger partial charge in [0.1, 0.15) is 0 Å². The van der Waals surface area contributed by atoms with E-state index in [9.17, 15) is 22.8 Å². The fraction of sp³-hybridized carbons (Fsp3) is 0.583. The Balaban J connectivity index is 1.78. The van der Waals surface area contributed by atoms with Gasteiger partial charge in [-0.3, -0.25) is 9.59 Å². The first kappa shape index (κ1) is 15.7. The smallest absolute Gasteiger partial charge is 0.434 e. The van der Waals surface area contributed by atoms with Crippen LogP contribution in [0.2, 0.25) is 0 Å². The lowest BCUT2D eigenvalue weighted by Gasteiger charge is -2.31. The number of alkyl halides is 3. The molecule has 1 fully saturated rings. The third kappa shape index (κ3) is 3.72. The van der Waals surface area contributed by atoms with Crippen LogP contribution in [0.5, 0.6) is 0 Å². The zero-order chi connectivity index (χ0) is 15.6. The average Bonchev–Trinajstić information content (AvgIpc) is 2.74. The molecule has 1 aliphatic rings. The molecule has 2 N–H and O–H groups in total. The van der Waals surface area contributed by atoms with E-state index in [2.05, 4.69) is 10.3 Å². The highest BCUT2D eigenvalue weighted by Gasteiger charge is 2.41. The Morgan fingerprint density at radius 1 is 1.38 bits per heavy atom. The van der Waals surface area contributed by atoms with Gasteiger partial charge in [0.15, 0.2) is 5.69 Å². The van der Waals surface area contributed by atoms with Crippen molar-refractivity contribution in [2.75, 3.05) is 6.54 Å². The van der Waals surface area contributed by atoms with Crippen molar-refractivity contribution in [2.45, 2.75) is 25.4 Å². The van der Waals surface area contributed by atoms with Crippen LogP contribution in [0.3, 0.4) is 0 Å². The molecule has 2 rings (SSSR count). The molecule has 0 aliphatic heterocycles. The predicted molar refractivity (Wildman–Crippen MR) is 67.7 cm³/mol. The molecule has 2 atom stereocenters. The summed E-state index contributed by atoms with van der Waals surface area (Å²) in [6.07, 6.45) is -3.26. The van der Waals surface area contributed by atoms with E-state index < -0.39 is 29.7 Å². The summed E-state index contributed by atoms with van der Waals surface area (Å²) in [7, 11) is 0. The fourth-order valence-electron chi connectivity index (χ4n) is 2.09. The molecule has 2 unspecified atom stereocenters. The number of aliphatic carboxylic acids is 1. The van der Waals surface area contributed by atoms with Crippen LogP contribution < -0.4 is 5.32 Å². The van der Waals surface area contributed by atoms with Gasteiger partial charge in [0.25, 0.3) is 0 Å². The van der Waals surface area contributed by atoms with E-state index in [1.807, 2.05) is 0 Å². The van der Waals surface area contributed by atoms with E-state index in [1.54, 1.807) is 0 Å². The van der Waals surface area contributed by atoms with E-state index in [0.717, 1.165) is 16.7 Å². The van der Waals surface area contributed by atoms with Crippen LogP contribution in [0.25, 0.3) is 0 Å². The Morgan fingerprint density at radius 3 is 2.52 bits per heavy atom. The van der Waals surface area contributed by atoms with Gasteiger partial charge < -0.3 is 10.4 Å². The molecule has 21 heavy (non-hydrogen) atoms. The summed E-state index contributed by atoms with van der Waals surface area (Å²) in [5.41, 5.74) is -0.932. The molecule has 1 saturated carbocycles. The van der Waals surface area contributed by atoms with Gasteiger partial charge >= 0.3 is 12.1 Å². The molecule has 9 heteroatoms. The van der Waals surface area contributed by atoms with E-state index in [1.165, 1.54) is 0 Å². The van der Waals surface area contributed by atoms with Crippen LogP contribution in [0.15, 0.2) is 5.38 Å². The summed E-state index contributed by atoms with van der Waals surface area (Å²) in [6.45, 7) is 0.145. The van der Waals surface area contributed by atoms with Crippen molar-refractivity contribution in [3.63, 3.8) is 0 Å². The molecule has 0 radical (unpaired) electrons. The molecular weight excluding hydrogens is 309 g/mol. The van der Waals surface area contributed by atoms with Crippen molar-refractivity contribution in [3.8, 4) is 0 Å². The predicted octanol–water partition coefficient (Wildman–Crippen LogP) is 1.93. The third-order valence-electron chi connectivity index (χ3n) is 3.41. The van der Waals surface area contributed by atoms with Gasteiger partial charge in [-0.1, -0.05) is 0 Å². The number of carboxylic acid groups (broad SMARTS) is 1. The van der Waals surface area contributed by atoms with E-state index in [-0.39, 0.29) is 23.9 Å². The fourth-order valence-corrected chi connectivity index (χ4v) is 2.89. The van der Waals surface area contributed by atoms with E-state index in [4.69, 9.17) is 5.11 Å². The molecule has 1 aromatic rings. The van der Waals surface area contributed by atoms with E-state index in [0.29, 0.717) is 12.8 Å². The topological polar surface area (TPSA) is 79.3 Å². The number of hydrogen-bond donors (Lipinski definition) is 2. The van der Waals surface area contributed by atoms with Gasteiger partial charge in [-0.05, 0) is 12.8 Å². The molecule has 1 amide bonds. The summed E-state index contributed by atoms with van der Waals surface area (Å²) in [6, 6.07) is 0. The second-order valence-corrected chi connectivity index (χ2v) is 5.74. The minimum atomic E-state index is -4.46. The highest BCUT2D eigenvalue weighted by molar-refractivity contribution is 7.09. The van der Waals surface area contributed by atoms with Gasteiger partial charge in [0.05, 0.1) is 16.8 Å². The van der Waals surface area contributed by atoms with Crippen molar-refractivity contribution in [3.05, 3.63) is 16.1 Å². The highest BCUT2D eigenvalue weighted by atomic mass is 32.1. The van der Waals surface area contributed by atoms with Crippen molar-refractivity contribution in [1.29, 1.82) is 0 Å². The molecule has 0 saturated heterocycles. The molecule has 0 bridgehead atoms. The minimum Gasteiger partial charge on any atom is -0.481 e. The van der Waals surface area contributed by atoms with Crippen molar-refractivity contribution in [2.24, 2.45) is 11.8 Å². The maximum atomic E-state index is 12.3. The Kier molecular flexibility index (Phi) is 4.50. The Bertz CT molecular complexity index is 544. The molecule has 1 aromatic heterocycles. The third-order valence-corrected chi connectivity index (χ3v) is 4.32. The molecule has 0 aromatic carbocycles. The van der Waals surface area contributed by atoms with Crippen molar-refractivity contribution in [1.82, 2.24) is 10.3 Å². The van der Waals surface area contributed by atoms with Gasteiger partial charge in [-0.2, -0.15) is 13.2 Å². The van der Waals surface area contributed by atoms with Gasteiger partial charge in [-0.15, -0.1) is 11.3 Å². The Hall–Kier alpha value is -1.64. The summed E-state index contributed by atoms with van der Waals surface area (Å²) in [5, 5.41) is 12.6. The van der Waals surface area contributed by atoms with Crippen LogP contribution in [0, 0.1) is 11.8 Å². The second kappa shape index (κ2) is 6.00. The molecule has 1 heterocycles. The largest absolute Gasteiger partial charge is 0.481 e. The lowest BCUT2D eigenvalue weighted by atomic mass is 9.73. The first-order chi connectivity index (χ1) is 9.79. The molecule has 0 spiro atoms. The number of nitrogens with one attached hydrogen (secondary N) is 1. The van der Waals surface area contributed by atoms with Gasteiger partial charge in [-0.25, -0.2) is 4.98 Å². The van der Waals surface area contributed by atoms with Crippen molar-refractivity contribution >= 4 is 23.2 Å². The number of carbonyl (C=O) groups is 2. The highest BCUT2D eigenvalue weighted by Crippen LogP contribution is 2.34. The number of thiazole rings is 1. The van der Waals surface area contributed by atoms with Crippen molar-refractivity contribution < 1.29 is 27.9 Å². The minimum absolute atomic E-state index is 0.145. The van der Waals surface area contributed by atoms with Gasteiger partial charge in [0.2, 0.25) is 5.91 Å². The second-order valence-electron chi connectivity index (χ2n) is 4.79. The summed E-state index contributed by atoms with van der Waals surface area (Å²) >= 11 is 0.885. The maximum absolute atomic E-state index is 12.3. The number of amides is 1. The van der Waals surface area contributed by atoms with Crippen LogP contribution in [0.1, 0.15) is 23.5 Å². The Labute approximate surface area is 122 Å². The lowest BCUT2D eigenvalue weighted by molar-refractivity contribution is -0.152. The molecule has 5 nitrogen and oxygen atoms in total. The van der Waals surface area contributed by atoms with Crippen LogP contribution in [0.4, 0.5) is 13.2 Å². The summed E-state index contributed by atoms with van der Waals surface area (Å²) < 4.78 is 37.0. The lowest BCUT2D eigenvalue weighted by Crippen LogP contribution is -2.44. The molecule has 116 valence electrons. The monoisotopic (exact) mass is 322 g/mol. The van der Waals surface area contributed by atoms with Crippen LogP contribution >= 0.6 is 11.3 Å². The first-order valence-electron chi connectivity index (χ1n) is 6.31. The first-order valence-corrected chi connectivity index (χ1v) is 7.19. The van der Waals surface area contributed by atoms with E-state index >= 15 is 0 Å². The quantitative estimate of drug-likeness (QED) is 0.868. The zero-order valence-electron chi connectivity index (χ0n) is 10.8. The average molecular weight is 322 g/mol. The molecule has 1 aliphatic carbocycles. The normalized spacial score (nSPS) is 21.7. The number of carbonyl (C=O) groups excluding carboxylic acids is 1. The van der Waals surface area contributed by atoms with Crippen LogP contribution in [-0.2, 0) is 22.2 Å². The van der Waals surface area contributed by atoms with Crippen LogP contribution in [-0.4, -0.2) is 28.5 Å². The standard InChI is InChI=1S/C12H13F3N2O3S/c13-12(14,15)8-5-21-9(17-8)3-4-16-10(18)6-1-2-7(6)11(19)20/h5-7H,1-4H2,(H,16,18)(H,19,20). The summed E-state index contributed by atoms with van der Waals surface area (Å²) in [4.78, 5) is 26.0. The number of rotatable bonds is 5. The number of halogens is 3. The van der Waals surface area contributed by atoms with Gasteiger partial charge in [0, 0.05) is 18.3 Å². The number of hydrogen-bond acceptors (Lipinski definition) is 4. The number of aromatic nitrogens is 1. The number of carboxylic acids is 1. The maximum Gasteiger partial charge on any atom is 0.434 e. The summed E-state index contributed by atoms with van der Waals surface area (Å²) in [5.74, 6) is -2.54.